The summed E-state index contributed by atoms with van der Waals surface area (Å²) >= 11 is 0. The molecule has 3 unspecified atom stereocenters. The Hall–Kier alpha value is -6.29. The van der Waals surface area contributed by atoms with E-state index in [2.05, 4.69) is 90.2 Å². The zero-order valence-corrected chi connectivity index (χ0v) is 38.9. The van der Waals surface area contributed by atoms with Crippen LogP contribution >= 0.6 is 0 Å². The lowest BCUT2D eigenvalue weighted by atomic mass is 9.76. The molecule has 350 valence electrons. The van der Waals surface area contributed by atoms with Crippen molar-refractivity contribution >= 4 is 5.78 Å². The lowest BCUT2D eigenvalue weighted by Crippen LogP contribution is -2.40. The SMILES string of the molecule is C.COc1ccc(CCN)cc1OC.COc1ccc2c(c1)CCC(=O)C2Cc1ccccc1.COc1ccc2c(c1)CCC(NCCc1ccc(OC)c(OC)c1)C2Cc1ccccc1. The van der Waals surface area contributed by atoms with Gasteiger partial charge < -0.3 is 39.5 Å². The molecule has 9 nitrogen and oxygen atoms in total. The van der Waals surface area contributed by atoms with Crippen molar-refractivity contribution < 1.29 is 33.2 Å². The molecule has 0 saturated carbocycles. The van der Waals surface area contributed by atoms with E-state index in [1.54, 1.807) is 42.7 Å². The molecule has 0 aromatic heterocycles. The molecule has 0 radical (unpaired) electrons. The Labute approximate surface area is 393 Å². The highest BCUT2D eigenvalue weighted by Gasteiger charge is 2.30. The summed E-state index contributed by atoms with van der Waals surface area (Å²) in [7, 11) is 10.0. The molecule has 0 amide bonds. The Kier molecular flexibility index (Phi) is 20.0. The van der Waals surface area contributed by atoms with Crippen molar-refractivity contribution in [3.63, 3.8) is 0 Å². The van der Waals surface area contributed by atoms with Crippen molar-refractivity contribution in [3.05, 3.63) is 178 Å². The average Bonchev–Trinajstić information content (AvgIpc) is 3.36. The van der Waals surface area contributed by atoms with Gasteiger partial charge in [0.25, 0.3) is 0 Å². The second-order valence-electron chi connectivity index (χ2n) is 16.4. The summed E-state index contributed by atoms with van der Waals surface area (Å²) in [5, 5.41) is 3.87. The minimum Gasteiger partial charge on any atom is -0.497 e. The number of aryl methyl sites for hydroxylation is 2. The van der Waals surface area contributed by atoms with Crippen LogP contribution in [-0.2, 0) is 43.3 Å². The van der Waals surface area contributed by atoms with Gasteiger partial charge in [0, 0.05) is 24.3 Å². The second-order valence-corrected chi connectivity index (χ2v) is 16.4. The summed E-state index contributed by atoms with van der Waals surface area (Å²) in [5.74, 6) is 5.67. The third-order valence-electron chi connectivity index (χ3n) is 12.4. The predicted octanol–water partition coefficient (Wildman–Crippen LogP) is 10.6. The van der Waals surface area contributed by atoms with Crippen LogP contribution in [0.5, 0.6) is 34.5 Å². The second kappa shape index (κ2) is 26.0. The summed E-state index contributed by atoms with van der Waals surface area (Å²) in [6, 6.07) is 46.2. The van der Waals surface area contributed by atoms with Gasteiger partial charge in [0.2, 0.25) is 0 Å². The minimum atomic E-state index is -0.00736. The molecular weight excluding hydrogens is 825 g/mol. The first kappa shape index (κ1) is 50.7. The zero-order chi connectivity index (χ0) is 46.0. The lowest BCUT2D eigenvalue weighted by molar-refractivity contribution is -0.120. The number of nitrogens with one attached hydrogen (secondary N) is 1. The number of Topliss-reactive ketones (excluding diaryl/α,β-unsaturated/α-hetero) is 1. The molecule has 8 rings (SSSR count). The Morgan fingerprint density at radius 3 is 1.56 bits per heavy atom. The number of rotatable bonds is 16. The molecule has 0 fully saturated rings. The summed E-state index contributed by atoms with van der Waals surface area (Å²) in [4.78, 5) is 12.3. The van der Waals surface area contributed by atoms with Gasteiger partial charge in [-0.2, -0.15) is 0 Å². The quantitative estimate of drug-likeness (QED) is 0.0981. The molecule has 0 saturated heterocycles. The van der Waals surface area contributed by atoms with Crippen molar-refractivity contribution in [3.8, 4) is 34.5 Å². The van der Waals surface area contributed by atoms with E-state index in [-0.39, 0.29) is 13.3 Å². The molecule has 3 atom stereocenters. The number of fused-ring (bicyclic) bond motifs is 2. The lowest BCUT2D eigenvalue weighted by Gasteiger charge is -2.35. The monoisotopic (exact) mass is 895 g/mol. The Morgan fingerprint density at radius 2 is 1.03 bits per heavy atom. The van der Waals surface area contributed by atoms with Crippen LogP contribution in [0.4, 0.5) is 0 Å². The maximum Gasteiger partial charge on any atom is 0.160 e. The highest BCUT2D eigenvalue weighted by atomic mass is 16.5. The van der Waals surface area contributed by atoms with Gasteiger partial charge in [-0.05, 0) is 151 Å². The van der Waals surface area contributed by atoms with Gasteiger partial charge in [-0.15, -0.1) is 0 Å². The van der Waals surface area contributed by atoms with Crippen molar-refractivity contribution in [2.45, 2.75) is 76.7 Å². The maximum atomic E-state index is 12.3. The topological polar surface area (TPSA) is 111 Å². The zero-order valence-electron chi connectivity index (χ0n) is 38.9. The summed E-state index contributed by atoms with van der Waals surface area (Å²) < 4.78 is 31.8. The number of hydrogen-bond donors (Lipinski definition) is 2. The van der Waals surface area contributed by atoms with Crippen molar-refractivity contribution in [1.82, 2.24) is 5.32 Å². The number of ether oxygens (including phenoxy) is 6. The first-order chi connectivity index (χ1) is 31.8. The molecular formula is C57H70N2O7. The number of nitrogens with two attached hydrogens (primary N) is 1. The minimum absolute atomic E-state index is 0. The highest BCUT2D eigenvalue weighted by Crippen LogP contribution is 2.37. The van der Waals surface area contributed by atoms with E-state index in [1.807, 2.05) is 48.5 Å². The van der Waals surface area contributed by atoms with Crippen LogP contribution < -0.4 is 39.5 Å². The first-order valence-corrected chi connectivity index (χ1v) is 22.6. The standard InChI is InChI=1S/C28H33NO3.C18H18O2.C10H15NO2.CH4/c1-30-23-11-12-24-22(19-23)10-13-26(25(24)17-20-7-5-4-6-8-20)29-16-15-21-9-14-27(31-2)28(18-21)32-3;1-20-15-8-9-16-14(12-15)7-10-18(19)17(16)11-13-5-3-2-4-6-13;1-12-9-4-3-8(5-6-11)7-10(9)13-2;/h4-9,11-12,14,18-19,25-26,29H,10,13,15-17H2,1-3H3;2-6,8-9,12,17H,7,10-11H2,1H3;3-4,7H,5-6,11H2,1-2H3;1H4. The highest BCUT2D eigenvalue weighted by molar-refractivity contribution is 5.88. The van der Waals surface area contributed by atoms with E-state index in [1.165, 1.54) is 44.5 Å². The third kappa shape index (κ3) is 13.6. The summed E-state index contributed by atoms with van der Waals surface area (Å²) in [6.45, 7) is 1.58. The summed E-state index contributed by atoms with van der Waals surface area (Å²) in [5.41, 5.74) is 15.8. The molecule has 2 aliphatic carbocycles. The van der Waals surface area contributed by atoms with Gasteiger partial charge in [0.15, 0.2) is 23.0 Å². The number of ketones is 1. The summed E-state index contributed by atoms with van der Waals surface area (Å²) in [6.07, 6.45) is 7.31. The van der Waals surface area contributed by atoms with Crippen LogP contribution in [0.2, 0.25) is 0 Å². The van der Waals surface area contributed by atoms with E-state index in [4.69, 9.17) is 34.2 Å². The molecule has 3 N–H and O–H groups in total. The molecule has 66 heavy (non-hydrogen) atoms. The van der Waals surface area contributed by atoms with Crippen molar-refractivity contribution in [1.29, 1.82) is 0 Å². The smallest absolute Gasteiger partial charge is 0.160 e. The maximum absolute atomic E-state index is 12.3. The van der Waals surface area contributed by atoms with Crippen LogP contribution in [0, 0.1) is 0 Å². The Morgan fingerprint density at radius 1 is 0.515 bits per heavy atom. The van der Waals surface area contributed by atoms with Crippen LogP contribution in [-0.4, -0.2) is 67.6 Å². The molecule has 0 spiro atoms. The number of carbonyl (C=O) groups excluding carboxylic acids is 1. The van der Waals surface area contributed by atoms with Crippen molar-refractivity contribution in [2.24, 2.45) is 5.73 Å². The molecule has 0 aliphatic heterocycles. The van der Waals surface area contributed by atoms with Gasteiger partial charge in [0.05, 0.1) is 42.7 Å². The van der Waals surface area contributed by atoms with E-state index in [0.717, 1.165) is 86.0 Å². The number of benzene rings is 6. The van der Waals surface area contributed by atoms with E-state index < -0.39 is 0 Å². The van der Waals surface area contributed by atoms with Crippen LogP contribution in [0.25, 0.3) is 0 Å². The first-order valence-electron chi connectivity index (χ1n) is 22.6. The number of hydrogen-bond acceptors (Lipinski definition) is 9. The van der Waals surface area contributed by atoms with Crippen LogP contribution in [0.1, 0.15) is 76.6 Å². The van der Waals surface area contributed by atoms with Gasteiger partial charge in [-0.25, -0.2) is 0 Å². The molecule has 6 aromatic carbocycles. The van der Waals surface area contributed by atoms with Crippen LogP contribution in [0.15, 0.2) is 133 Å². The Bertz CT molecular complexity index is 2400. The Balaban J connectivity index is 0.000000205. The van der Waals surface area contributed by atoms with Gasteiger partial charge >= 0.3 is 0 Å². The fourth-order valence-corrected chi connectivity index (χ4v) is 8.97. The molecule has 0 heterocycles. The van der Waals surface area contributed by atoms with Gasteiger partial charge in [-0.1, -0.05) is 92.4 Å². The van der Waals surface area contributed by atoms with Gasteiger partial charge in [-0.3, -0.25) is 4.79 Å². The molecule has 0 bridgehead atoms. The van der Waals surface area contributed by atoms with E-state index in [9.17, 15) is 4.79 Å². The van der Waals surface area contributed by atoms with E-state index in [0.29, 0.717) is 30.7 Å². The fraction of sp³-hybridized carbons (Fsp3) is 0.351. The molecule has 6 aromatic rings. The predicted molar refractivity (Wildman–Crippen MR) is 267 cm³/mol. The van der Waals surface area contributed by atoms with Crippen LogP contribution in [0.3, 0.4) is 0 Å². The normalized spacial score (nSPS) is 15.7. The van der Waals surface area contributed by atoms with E-state index >= 15 is 0 Å². The number of methoxy groups -OCH3 is 6. The number of carbonyl (C=O) groups is 1. The average molecular weight is 895 g/mol. The van der Waals surface area contributed by atoms with Crippen molar-refractivity contribution in [2.75, 3.05) is 55.7 Å². The molecule has 2 aliphatic rings. The fourth-order valence-electron chi connectivity index (χ4n) is 8.97. The largest absolute Gasteiger partial charge is 0.497 e. The molecule has 9 heteroatoms. The third-order valence-corrected chi connectivity index (χ3v) is 12.4. The van der Waals surface area contributed by atoms with Gasteiger partial charge in [0.1, 0.15) is 17.3 Å².